The molecule has 0 saturated carbocycles. The molecule has 2 rings (SSSR count). The predicted molar refractivity (Wildman–Crippen MR) is 100 cm³/mol. The van der Waals surface area contributed by atoms with E-state index in [1.807, 2.05) is 6.92 Å². The molecule has 0 bridgehead atoms. The van der Waals surface area contributed by atoms with Crippen molar-refractivity contribution in [1.82, 2.24) is 4.31 Å². The van der Waals surface area contributed by atoms with Crippen molar-refractivity contribution in [2.75, 3.05) is 19.7 Å². The summed E-state index contributed by atoms with van der Waals surface area (Å²) in [6.45, 7) is 5.63. The zero-order chi connectivity index (χ0) is 20.2. The zero-order valence-corrected chi connectivity index (χ0v) is 17.2. The molecule has 0 aromatic heterocycles. The molecule has 1 saturated heterocycles. The molecular weight excluding hydrogens is 394 g/mol. The van der Waals surface area contributed by atoms with Crippen molar-refractivity contribution in [2.45, 2.75) is 44.6 Å². The minimum absolute atomic E-state index is 0.000352. The molecule has 1 aromatic rings. The van der Waals surface area contributed by atoms with E-state index in [2.05, 4.69) is 0 Å². The smallest absolute Gasteiger partial charge is 0.344 e. The van der Waals surface area contributed by atoms with Gasteiger partial charge in [0.25, 0.3) is 0 Å². The number of carbonyl (C=O) groups excluding carboxylic acids is 2. The SMILES string of the molecule is CC1CCCN(S(=O)(=O)c2cc(C(=O)OCC(=O)OC(C)C)ccc2Cl)C1. The summed E-state index contributed by atoms with van der Waals surface area (Å²) in [5.74, 6) is -1.24. The second-order valence-corrected chi connectivity index (χ2v) is 9.18. The van der Waals surface area contributed by atoms with Crippen LogP contribution in [-0.4, -0.2) is 50.5 Å². The first-order chi connectivity index (χ1) is 12.6. The monoisotopic (exact) mass is 417 g/mol. The Balaban J connectivity index is 2.17. The van der Waals surface area contributed by atoms with Gasteiger partial charge >= 0.3 is 11.9 Å². The van der Waals surface area contributed by atoms with Gasteiger partial charge in [-0.15, -0.1) is 0 Å². The van der Waals surface area contributed by atoms with Gasteiger partial charge in [0.05, 0.1) is 16.7 Å². The Kier molecular flexibility index (Phi) is 7.25. The molecule has 1 fully saturated rings. The zero-order valence-electron chi connectivity index (χ0n) is 15.6. The molecule has 9 heteroatoms. The van der Waals surface area contributed by atoms with Gasteiger partial charge in [-0.25, -0.2) is 18.0 Å². The third-order valence-corrected chi connectivity index (χ3v) is 6.44. The molecule has 0 radical (unpaired) electrons. The highest BCUT2D eigenvalue weighted by atomic mass is 35.5. The van der Waals surface area contributed by atoms with E-state index in [0.717, 1.165) is 12.8 Å². The van der Waals surface area contributed by atoms with Crippen molar-refractivity contribution in [3.63, 3.8) is 0 Å². The fraction of sp³-hybridized carbons (Fsp3) is 0.556. The van der Waals surface area contributed by atoms with E-state index in [1.54, 1.807) is 13.8 Å². The van der Waals surface area contributed by atoms with E-state index in [1.165, 1.54) is 22.5 Å². The second kappa shape index (κ2) is 9.03. The topological polar surface area (TPSA) is 90.0 Å². The van der Waals surface area contributed by atoms with Gasteiger partial charge < -0.3 is 9.47 Å². The minimum Gasteiger partial charge on any atom is -0.460 e. The first-order valence-electron chi connectivity index (χ1n) is 8.77. The fourth-order valence-corrected chi connectivity index (χ4v) is 4.94. The molecule has 1 atom stereocenters. The summed E-state index contributed by atoms with van der Waals surface area (Å²) in [4.78, 5) is 23.5. The number of sulfonamides is 1. The van der Waals surface area contributed by atoms with E-state index >= 15 is 0 Å². The highest BCUT2D eigenvalue weighted by Gasteiger charge is 2.31. The number of piperidine rings is 1. The summed E-state index contributed by atoms with van der Waals surface area (Å²) in [5.41, 5.74) is 0.000352. The summed E-state index contributed by atoms with van der Waals surface area (Å²) in [5, 5.41) is 0.0315. The van der Waals surface area contributed by atoms with Crippen LogP contribution in [0.25, 0.3) is 0 Å². The average molecular weight is 418 g/mol. The maximum absolute atomic E-state index is 12.9. The molecule has 27 heavy (non-hydrogen) atoms. The first-order valence-corrected chi connectivity index (χ1v) is 10.6. The third kappa shape index (κ3) is 5.67. The summed E-state index contributed by atoms with van der Waals surface area (Å²) in [6.07, 6.45) is 1.42. The molecule has 150 valence electrons. The van der Waals surface area contributed by atoms with Crippen LogP contribution in [0.4, 0.5) is 0 Å². The van der Waals surface area contributed by atoms with Crippen molar-refractivity contribution in [3.05, 3.63) is 28.8 Å². The predicted octanol–water partition coefficient (Wildman–Crippen LogP) is 2.87. The lowest BCUT2D eigenvalue weighted by Gasteiger charge is -2.30. The van der Waals surface area contributed by atoms with Crippen LogP contribution in [0.2, 0.25) is 5.02 Å². The Morgan fingerprint density at radius 1 is 1.33 bits per heavy atom. The number of halogens is 1. The van der Waals surface area contributed by atoms with Gasteiger partial charge in [0.15, 0.2) is 6.61 Å². The standard InChI is InChI=1S/C18H24ClNO6S/c1-12(2)26-17(21)11-25-18(22)14-6-7-15(19)16(9-14)27(23,24)20-8-4-5-13(3)10-20/h6-7,9,12-13H,4-5,8,10-11H2,1-3H3. The van der Waals surface area contributed by atoms with Crippen LogP contribution in [0.5, 0.6) is 0 Å². The second-order valence-electron chi connectivity index (χ2n) is 6.87. The van der Waals surface area contributed by atoms with Crippen LogP contribution in [0, 0.1) is 5.92 Å². The Hall–Kier alpha value is -1.64. The molecule has 7 nitrogen and oxygen atoms in total. The number of esters is 2. The molecule has 0 spiro atoms. The third-order valence-electron chi connectivity index (χ3n) is 4.09. The molecule has 0 amide bonds. The van der Waals surface area contributed by atoms with Crippen molar-refractivity contribution < 1.29 is 27.5 Å². The van der Waals surface area contributed by atoms with Gasteiger partial charge in [-0.05, 0) is 50.8 Å². The van der Waals surface area contributed by atoms with Crippen molar-refractivity contribution in [2.24, 2.45) is 5.92 Å². The number of ether oxygens (including phenoxy) is 2. The Labute approximate surface area is 164 Å². The molecule has 0 N–H and O–H groups in total. The molecular formula is C18H24ClNO6S. The Morgan fingerprint density at radius 2 is 2.04 bits per heavy atom. The minimum atomic E-state index is -3.83. The lowest BCUT2D eigenvalue weighted by atomic mass is 10.0. The molecule has 1 aliphatic rings. The first kappa shape index (κ1) is 21.7. The van der Waals surface area contributed by atoms with E-state index < -0.39 is 28.6 Å². The van der Waals surface area contributed by atoms with Gasteiger partial charge in [0, 0.05) is 13.1 Å². The largest absolute Gasteiger partial charge is 0.460 e. The maximum atomic E-state index is 12.9. The quantitative estimate of drug-likeness (QED) is 0.661. The molecule has 1 aliphatic heterocycles. The summed E-state index contributed by atoms with van der Waals surface area (Å²) in [7, 11) is -3.83. The Bertz CT molecular complexity index is 808. The number of benzene rings is 1. The number of hydrogen-bond acceptors (Lipinski definition) is 6. The Morgan fingerprint density at radius 3 is 2.67 bits per heavy atom. The van der Waals surface area contributed by atoms with Crippen molar-refractivity contribution >= 4 is 33.6 Å². The number of carbonyl (C=O) groups is 2. The van der Waals surface area contributed by atoms with Gasteiger partial charge in [-0.2, -0.15) is 4.31 Å². The van der Waals surface area contributed by atoms with Crippen molar-refractivity contribution in [1.29, 1.82) is 0 Å². The molecule has 0 aliphatic carbocycles. The van der Waals surface area contributed by atoms with E-state index in [-0.39, 0.29) is 27.5 Å². The molecule has 1 unspecified atom stereocenters. The van der Waals surface area contributed by atoms with E-state index in [4.69, 9.17) is 21.1 Å². The van der Waals surface area contributed by atoms with Crippen LogP contribution in [-0.2, 0) is 24.3 Å². The lowest BCUT2D eigenvalue weighted by molar-refractivity contribution is -0.150. The van der Waals surface area contributed by atoms with E-state index in [0.29, 0.717) is 13.1 Å². The van der Waals surface area contributed by atoms with Gasteiger partial charge in [0.1, 0.15) is 4.90 Å². The van der Waals surface area contributed by atoms with Crippen LogP contribution in [0.15, 0.2) is 23.1 Å². The van der Waals surface area contributed by atoms with Crippen LogP contribution in [0.1, 0.15) is 44.0 Å². The van der Waals surface area contributed by atoms with Crippen LogP contribution in [0.3, 0.4) is 0 Å². The van der Waals surface area contributed by atoms with Crippen LogP contribution >= 0.6 is 11.6 Å². The number of nitrogens with zero attached hydrogens (tertiary/aromatic N) is 1. The van der Waals surface area contributed by atoms with Gasteiger partial charge in [0.2, 0.25) is 10.0 Å². The maximum Gasteiger partial charge on any atom is 0.344 e. The highest BCUT2D eigenvalue weighted by molar-refractivity contribution is 7.89. The average Bonchev–Trinajstić information content (AvgIpc) is 2.59. The molecule has 1 aromatic carbocycles. The number of rotatable bonds is 6. The van der Waals surface area contributed by atoms with Gasteiger partial charge in [-0.1, -0.05) is 18.5 Å². The van der Waals surface area contributed by atoms with Crippen LogP contribution < -0.4 is 0 Å². The summed E-state index contributed by atoms with van der Waals surface area (Å²) < 4.78 is 37.0. The number of hydrogen-bond donors (Lipinski definition) is 0. The summed E-state index contributed by atoms with van der Waals surface area (Å²) >= 11 is 6.09. The van der Waals surface area contributed by atoms with Crippen molar-refractivity contribution in [3.8, 4) is 0 Å². The fourth-order valence-electron chi connectivity index (χ4n) is 2.84. The summed E-state index contributed by atoms with van der Waals surface area (Å²) in [6, 6.07) is 3.88. The normalized spacial score (nSPS) is 18.3. The highest BCUT2D eigenvalue weighted by Crippen LogP contribution is 2.29. The van der Waals surface area contributed by atoms with E-state index in [9.17, 15) is 18.0 Å². The van der Waals surface area contributed by atoms with Gasteiger partial charge in [-0.3, -0.25) is 0 Å². The lowest BCUT2D eigenvalue weighted by Crippen LogP contribution is -2.39. The molecule has 1 heterocycles.